The Morgan fingerprint density at radius 1 is 1.25 bits per heavy atom. The number of nitrogens with zero attached hydrogens (tertiary/aromatic N) is 3. The average Bonchev–Trinajstić information content (AvgIpc) is 2.45. The maximum atomic E-state index is 12.6. The van der Waals surface area contributed by atoms with Crippen molar-refractivity contribution >= 4 is 17.5 Å². The van der Waals surface area contributed by atoms with Gasteiger partial charge in [0.2, 0.25) is 0 Å². The minimum Gasteiger partial charge on any atom is -0.332 e. The lowest BCUT2D eigenvalue weighted by Crippen LogP contribution is -2.36. The maximum Gasteiger partial charge on any atom is 0.256 e. The molecule has 0 aliphatic heterocycles. The number of carbonyl (C=O) groups excluding carboxylic acids is 1. The SMILES string of the molecule is CC(C)N(Cc1cccnc1)C(=O)c1ccncc1Cl. The summed E-state index contributed by atoms with van der Waals surface area (Å²) in [5.41, 5.74) is 1.46. The summed E-state index contributed by atoms with van der Waals surface area (Å²) >= 11 is 6.05. The summed E-state index contributed by atoms with van der Waals surface area (Å²) in [5, 5.41) is 0.370. The van der Waals surface area contributed by atoms with Crippen molar-refractivity contribution in [2.24, 2.45) is 0 Å². The van der Waals surface area contributed by atoms with Crippen LogP contribution in [0, 0.1) is 0 Å². The molecule has 2 aromatic heterocycles. The van der Waals surface area contributed by atoms with E-state index in [0.29, 0.717) is 17.1 Å². The largest absolute Gasteiger partial charge is 0.332 e. The molecule has 0 unspecified atom stereocenters. The molecule has 0 aliphatic rings. The molecule has 0 fully saturated rings. The number of pyridine rings is 2. The van der Waals surface area contributed by atoms with E-state index < -0.39 is 0 Å². The smallest absolute Gasteiger partial charge is 0.256 e. The Labute approximate surface area is 123 Å². The fourth-order valence-electron chi connectivity index (χ4n) is 1.88. The predicted octanol–water partition coefficient (Wildman–Crippen LogP) is 3.18. The third-order valence-corrected chi connectivity index (χ3v) is 3.26. The van der Waals surface area contributed by atoms with Crippen molar-refractivity contribution in [2.75, 3.05) is 0 Å². The molecule has 20 heavy (non-hydrogen) atoms. The Bertz CT molecular complexity index is 587. The molecule has 1 amide bonds. The summed E-state index contributed by atoms with van der Waals surface area (Å²) in [6, 6.07) is 5.51. The van der Waals surface area contributed by atoms with E-state index >= 15 is 0 Å². The second kappa shape index (κ2) is 6.48. The third-order valence-electron chi connectivity index (χ3n) is 2.96. The van der Waals surface area contributed by atoms with Gasteiger partial charge in [0.15, 0.2) is 0 Å². The van der Waals surface area contributed by atoms with Crippen LogP contribution in [0.1, 0.15) is 29.8 Å². The zero-order valence-corrected chi connectivity index (χ0v) is 12.2. The fraction of sp³-hybridized carbons (Fsp3) is 0.267. The first-order chi connectivity index (χ1) is 9.59. The summed E-state index contributed by atoms with van der Waals surface area (Å²) in [5.74, 6) is -0.101. The zero-order valence-electron chi connectivity index (χ0n) is 11.5. The molecule has 2 heterocycles. The number of aromatic nitrogens is 2. The Hall–Kier alpha value is -1.94. The Morgan fingerprint density at radius 3 is 2.60 bits per heavy atom. The lowest BCUT2D eigenvalue weighted by Gasteiger charge is -2.27. The van der Waals surface area contributed by atoms with E-state index in [1.807, 2.05) is 26.0 Å². The highest BCUT2D eigenvalue weighted by atomic mass is 35.5. The van der Waals surface area contributed by atoms with Gasteiger partial charge in [-0.05, 0) is 31.5 Å². The lowest BCUT2D eigenvalue weighted by atomic mass is 10.1. The molecule has 0 bridgehead atoms. The Kier molecular flexibility index (Phi) is 4.69. The molecule has 0 saturated heterocycles. The summed E-state index contributed by atoms with van der Waals surface area (Å²) in [6.07, 6.45) is 6.53. The highest BCUT2D eigenvalue weighted by Crippen LogP contribution is 2.18. The minimum absolute atomic E-state index is 0.0620. The minimum atomic E-state index is -0.101. The molecule has 5 heteroatoms. The fourth-order valence-corrected chi connectivity index (χ4v) is 2.08. The number of amides is 1. The molecule has 0 aromatic carbocycles. The molecule has 104 valence electrons. The predicted molar refractivity (Wildman–Crippen MR) is 78.5 cm³/mol. The van der Waals surface area contributed by atoms with Crippen LogP contribution in [-0.4, -0.2) is 26.8 Å². The molecular weight excluding hydrogens is 274 g/mol. The van der Waals surface area contributed by atoms with E-state index in [-0.39, 0.29) is 11.9 Å². The number of halogens is 1. The molecular formula is C15H16ClN3O. The maximum absolute atomic E-state index is 12.6. The van der Waals surface area contributed by atoms with Crippen molar-refractivity contribution < 1.29 is 4.79 Å². The van der Waals surface area contributed by atoms with Crippen molar-refractivity contribution in [1.82, 2.24) is 14.9 Å². The van der Waals surface area contributed by atoms with Crippen molar-refractivity contribution in [2.45, 2.75) is 26.4 Å². The van der Waals surface area contributed by atoms with Crippen LogP contribution in [0.5, 0.6) is 0 Å². The first-order valence-electron chi connectivity index (χ1n) is 6.39. The molecule has 2 aromatic rings. The van der Waals surface area contributed by atoms with Gasteiger partial charge in [-0.15, -0.1) is 0 Å². The molecule has 0 spiro atoms. The van der Waals surface area contributed by atoms with E-state index in [0.717, 1.165) is 5.56 Å². The highest BCUT2D eigenvalue weighted by molar-refractivity contribution is 6.33. The topological polar surface area (TPSA) is 46.1 Å². The standard InChI is InChI=1S/C15H16ClN3O/c1-11(2)19(10-12-4-3-6-17-8-12)15(20)13-5-7-18-9-14(13)16/h3-9,11H,10H2,1-2H3. The number of hydrogen-bond acceptors (Lipinski definition) is 3. The van der Waals surface area contributed by atoms with E-state index in [2.05, 4.69) is 9.97 Å². The highest BCUT2D eigenvalue weighted by Gasteiger charge is 2.21. The molecule has 0 saturated carbocycles. The average molecular weight is 290 g/mol. The number of rotatable bonds is 4. The van der Waals surface area contributed by atoms with Crippen LogP contribution in [0.15, 0.2) is 43.0 Å². The van der Waals surface area contributed by atoms with Gasteiger partial charge in [0.25, 0.3) is 5.91 Å². The van der Waals surface area contributed by atoms with E-state index in [1.54, 1.807) is 29.6 Å². The van der Waals surface area contributed by atoms with E-state index in [9.17, 15) is 4.79 Å². The van der Waals surface area contributed by atoms with Crippen LogP contribution in [0.3, 0.4) is 0 Å². The van der Waals surface area contributed by atoms with Gasteiger partial charge >= 0.3 is 0 Å². The van der Waals surface area contributed by atoms with Crippen molar-refractivity contribution in [3.05, 3.63) is 59.1 Å². The first kappa shape index (κ1) is 14.5. The molecule has 0 atom stereocenters. The molecule has 2 rings (SSSR count). The summed E-state index contributed by atoms with van der Waals surface area (Å²) in [4.78, 5) is 22.3. The summed E-state index contributed by atoms with van der Waals surface area (Å²) in [6.45, 7) is 4.45. The number of hydrogen-bond donors (Lipinski definition) is 0. The van der Waals surface area contributed by atoms with Gasteiger partial charge in [-0.3, -0.25) is 14.8 Å². The van der Waals surface area contributed by atoms with Gasteiger partial charge in [0.1, 0.15) is 0 Å². The van der Waals surface area contributed by atoms with Gasteiger partial charge in [-0.25, -0.2) is 0 Å². The van der Waals surface area contributed by atoms with Gasteiger partial charge in [0, 0.05) is 37.4 Å². The van der Waals surface area contributed by atoms with Crippen LogP contribution in [0.2, 0.25) is 5.02 Å². The van der Waals surface area contributed by atoms with Gasteiger partial charge in [0.05, 0.1) is 10.6 Å². The number of carbonyl (C=O) groups is 1. The van der Waals surface area contributed by atoms with Crippen molar-refractivity contribution in [1.29, 1.82) is 0 Å². The molecule has 0 N–H and O–H groups in total. The Morgan fingerprint density at radius 2 is 2.00 bits per heavy atom. The Balaban J connectivity index is 2.25. The van der Waals surface area contributed by atoms with Crippen LogP contribution in [0.25, 0.3) is 0 Å². The van der Waals surface area contributed by atoms with Crippen molar-refractivity contribution in [3.63, 3.8) is 0 Å². The monoisotopic (exact) mass is 289 g/mol. The van der Waals surface area contributed by atoms with Crippen LogP contribution < -0.4 is 0 Å². The first-order valence-corrected chi connectivity index (χ1v) is 6.76. The molecule has 0 radical (unpaired) electrons. The quantitative estimate of drug-likeness (QED) is 0.868. The van der Waals surface area contributed by atoms with Gasteiger partial charge in [-0.1, -0.05) is 17.7 Å². The second-order valence-electron chi connectivity index (χ2n) is 4.74. The molecule has 4 nitrogen and oxygen atoms in total. The van der Waals surface area contributed by atoms with Gasteiger partial charge < -0.3 is 4.90 Å². The second-order valence-corrected chi connectivity index (χ2v) is 5.15. The van der Waals surface area contributed by atoms with Crippen LogP contribution in [-0.2, 0) is 6.54 Å². The van der Waals surface area contributed by atoms with Crippen LogP contribution >= 0.6 is 11.6 Å². The summed E-state index contributed by atoms with van der Waals surface area (Å²) < 4.78 is 0. The normalized spacial score (nSPS) is 10.6. The van der Waals surface area contributed by atoms with Gasteiger partial charge in [-0.2, -0.15) is 0 Å². The van der Waals surface area contributed by atoms with E-state index in [1.165, 1.54) is 6.20 Å². The van der Waals surface area contributed by atoms with Crippen molar-refractivity contribution in [3.8, 4) is 0 Å². The lowest BCUT2D eigenvalue weighted by molar-refractivity contribution is 0.0690. The summed E-state index contributed by atoms with van der Waals surface area (Å²) in [7, 11) is 0. The zero-order chi connectivity index (χ0) is 14.5. The molecule has 0 aliphatic carbocycles. The van der Waals surface area contributed by atoms with E-state index in [4.69, 9.17) is 11.6 Å². The van der Waals surface area contributed by atoms with Crippen LogP contribution in [0.4, 0.5) is 0 Å². The third kappa shape index (κ3) is 3.33.